The van der Waals surface area contributed by atoms with Gasteiger partial charge in [0.25, 0.3) is 0 Å². The first-order valence-corrected chi connectivity index (χ1v) is 9.32. The number of ketones is 1. The van der Waals surface area contributed by atoms with Crippen LogP contribution in [0.2, 0.25) is 0 Å². The summed E-state index contributed by atoms with van der Waals surface area (Å²) >= 11 is 3.46. The third-order valence-corrected chi connectivity index (χ3v) is 6.92. The molecular weight excluding hydrogens is 344 g/mol. The molecule has 0 spiro atoms. The van der Waals surface area contributed by atoms with Crippen LogP contribution in [0.4, 0.5) is 0 Å². The second-order valence-corrected chi connectivity index (χ2v) is 8.28. The second-order valence-electron chi connectivity index (χ2n) is 5.18. The van der Waals surface area contributed by atoms with Crippen LogP contribution in [0.1, 0.15) is 37.6 Å². The number of sulfone groups is 1. The molecule has 1 aromatic rings. The summed E-state index contributed by atoms with van der Waals surface area (Å²) in [5, 5.41) is 3.50. The Morgan fingerprint density at radius 2 is 2.15 bits per heavy atom. The van der Waals surface area contributed by atoms with E-state index in [0.29, 0.717) is 12.8 Å². The molecule has 1 unspecified atom stereocenters. The average molecular weight is 363 g/mol. The SMILES string of the molecule is CCc1nn(C)c(CC(=O)C2CCCCS2(=O)=O)c1Br. The first-order chi connectivity index (χ1) is 9.36. The molecule has 1 saturated heterocycles. The van der Waals surface area contributed by atoms with E-state index in [4.69, 9.17) is 0 Å². The topological polar surface area (TPSA) is 69.0 Å². The summed E-state index contributed by atoms with van der Waals surface area (Å²) in [4.78, 5) is 12.3. The number of rotatable bonds is 4. The maximum Gasteiger partial charge on any atom is 0.160 e. The van der Waals surface area contributed by atoms with Gasteiger partial charge in [-0.1, -0.05) is 13.3 Å². The van der Waals surface area contributed by atoms with Crippen LogP contribution in [-0.4, -0.2) is 35.0 Å². The summed E-state index contributed by atoms with van der Waals surface area (Å²) in [7, 11) is -1.48. The molecule has 5 nitrogen and oxygen atoms in total. The highest BCUT2D eigenvalue weighted by Gasteiger charge is 2.35. The molecule has 1 aromatic heterocycles. The monoisotopic (exact) mass is 362 g/mol. The van der Waals surface area contributed by atoms with Crippen molar-refractivity contribution in [3.8, 4) is 0 Å². The van der Waals surface area contributed by atoms with Crippen molar-refractivity contribution in [2.75, 3.05) is 5.75 Å². The lowest BCUT2D eigenvalue weighted by atomic mass is 10.1. The molecule has 0 N–H and O–H groups in total. The Kier molecular flexibility index (Phi) is 4.69. The molecule has 0 aliphatic carbocycles. The van der Waals surface area contributed by atoms with Crippen molar-refractivity contribution in [2.45, 2.75) is 44.3 Å². The number of carbonyl (C=O) groups excluding carboxylic acids is 1. The average Bonchev–Trinajstić information content (AvgIpc) is 2.65. The highest BCUT2D eigenvalue weighted by molar-refractivity contribution is 9.10. The fraction of sp³-hybridized carbons (Fsp3) is 0.692. The number of aryl methyl sites for hydroxylation is 2. The summed E-state index contributed by atoms with van der Waals surface area (Å²) < 4.78 is 26.5. The quantitative estimate of drug-likeness (QED) is 0.818. The van der Waals surface area contributed by atoms with Crippen molar-refractivity contribution in [1.29, 1.82) is 0 Å². The van der Waals surface area contributed by atoms with E-state index in [2.05, 4.69) is 21.0 Å². The van der Waals surface area contributed by atoms with Crippen LogP contribution in [0.3, 0.4) is 0 Å². The predicted octanol–water partition coefficient (Wildman–Crippen LogP) is 1.82. The van der Waals surface area contributed by atoms with Crippen molar-refractivity contribution in [1.82, 2.24) is 9.78 Å². The maximum absolute atomic E-state index is 12.3. The zero-order valence-corrected chi connectivity index (χ0v) is 14.1. The summed E-state index contributed by atoms with van der Waals surface area (Å²) in [6.45, 7) is 1.99. The van der Waals surface area contributed by atoms with Gasteiger partial charge in [0, 0.05) is 7.05 Å². The molecule has 0 saturated carbocycles. The Labute approximate surface area is 127 Å². The van der Waals surface area contributed by atoms with Crippen LogP contribution in [0.5, 0.6) is 0 Å². The van der Waals surface area contributed by atoms with Gasteiger partial charge in [0.15, 0.2) is 15.6 Å². The third-order valence-electron chi connectivity index (χ3n) is 3.78. The molecule has 7 heteroatoms. The van der Waals surface area contributed by atoms with E-state index in [1.54, 1.807) is 11.7 Å². The molecule has 112 valence electrons. The van der Waals surface area contributed by atoms with Gasteiger partial charge in [-0.2, -0.15) is 5.10 Å². The number of carbonyl (C=O) groups is 1. The van der Waals surface area contributed by atoms with Crippen molar-refractivity contribution in [3.63, 3.8) is 0 Å². The summed E-state index contributed by atoms with van der Waals surface area (Å²) in [6, 6.07) is 0. The number of nitrogens with zero attached hydrogens (tertiary/aromatic N) is 2. The van der Waals surface area contributed by atoms with Gasteiger partial charge in [-0.05, 0) is 35.2 Å². The van der Waals surface area contributed by atoms with Crippen LogP contribution in [-0.2, 0) is 34.5 Å². The minimum Gasteiger partial charge on any atom is -0.298 e. The number of hydrogen-bond donors (Lipinski definition) is 0. The standard InChI is InChI=1S/C13H19BrN2O3S/c1-3-9-13(14)10(16(2)15-9)8-11(17)12-6-4-5-7-20(12,18)19/h12H,3-8H2,1-2H3. The molecule has 20 heavy (non-hydrogen) atoms. The van der Waals surface area contributed by atoms with E-state index in [-0.39, 0.29) is 18.0 Å². The van der Waals surface area contributed by atoms with Gasteiger partial charge >= 0.3 is 0 Å². The largest absolute Gasteiger partial charge is 0.298 e. The Morgan fingerprint density at radius 3 is 2.70 bits per heavy atom. The Bertz CT molecular complexity index is 622. The zero-order valence-electron chi connectivity index (χ0n) is 11.7. The van der Waals surface area contributed by atoms with Crippen LogP contribution in [0.15, 0.2) is 4.47 Å². The summed E-state index contributed by atoms with van der Waals surface area (Å²) in [5.41, 5.74) is 1.65. The van der Waals surface area contributed by atoms with Crippen molar-refractivity contribution < 1.29 is 13.2 Å². The molecule has 0 radical (unpaired) electrons. The number of Topliss-reactive ketones (excluding diaryl/α,β-unsaturated/α-hetero) is 1. The van der Waals surface area contributed by atoms with Gasteiger partial charge in [0.05, 0.1) is 28.0 Å². The lowest BCUT2D eigenvalue weighted by molar-refractivity contribution is -0.118. The van der Waals surface area contributed by atoms with Gasteiger partial charge in [-0.25, -0.2) is 8.42 Å². The first-order valence-electron chi connectivity index (χ1n) is 6.81. The second kappa shape index (κ2) is 5.97. The highest BCUT2D eigenvalue weighted by atomic mass is 79.9. The molecule has 1 fully saturated rings. The number of halogens is 1. The lowest BCUT2D eigenvalue weighted by Gasteiger charge is -2.21. The van der Waals surface area contributed by atoms with E-state index in [1.165, 1.54) is 0 Å². The Morgan fingerprint density at radius 1 is 1.45 bits per heavy atom. The van der Waals surface area contributed by atoms with Gasteiger partial charge in [0.1, 0.15) is 5.25 Å². The normalized spacial score (nSPS) is 21.9. The van der Waals surface area contributed by atoms with Gasteiger partial charge in [-0.3, -0.25) is 9.48 Å². The van der Waals surface area contributed by atoms with Crippen molar-refractivity contribution in [2.24, 2.45) is 7.05 Å². The zero-order chi connectivity index (χ0) is 14.9. The van der Waals surface area contributed by atoms with E-state index in [0.717, 1.165) is 28.7 Å². The Balaban J connectivity index is 2.22. The Hall–Kier alpha value is -0.690. The van der Waals surface area contributed by atoms with Crippen LogP contribution < -0.4 is 0 Å². The molecule has 2 heterocycles. The highest BCUT2D eigenvalue weighted by Crippen LogP contribution is 2.25. The number of aromatic nitrogens is 2. The molecular formula is C13H19BrN2O3S. The van der Waals surface area contributed by atoms with E-state index in [1.807, 2.05) is 6.92 Å². The van der Waals surface area contributed by atoms with Crippen LogP contribution >= 0.6 is 15.9 Å². The fourth-order valence-corrected chi connectivity index (χ4v) is 5.26. The molecule has 0 amide bonds. The predicted molar refractivity (Wildman–Crippen MR) is 80.4 cm³/mol. The fourth-order valence-electron chi connectivity index (χ4n) is 2.61. The van der Waals surface area contributed by atoms with Crippen molar-refractivity contribution in [3.05, 3.63) is 15.9 Å². The van der Waals surface area contributed by atoms with Crippen LogP contribution in [0.25, 0.3) is 0 Å². The molecule has 2 rings (SSSR count). The minimum atomic E-state index is -3.26. The molecule has 0 aromatic carbocycles. The van der Waals surface area contributed by atoms with Gasteiger partial charge in [-0.15, -0.1) is 0 Å². The summed E-state index contributed by atoms with van der Waals surface area (Å²) in [5.74, 6) is -0.0769. The minimum absolute atomic E-state index is 0.119. The summed E-state index contributed by atoms with van der Waals surface area (Å²) in [6.07, 6.45) is 2.82. The maximum atomic E-state index is 12.3. The smallest absolute Gasteiger partial charge is 0.160 e. The first kappa shape index (κ1) is 15.7. The van der Waals surface area contributed by atoms with Gasteiger partial charge < -0.3 is 0 Å². The van der Waals surface area contributed by atoms with Crippen LogP contribution in [0, 0.1) is 0 Å². The van der Waals surface area contributed by atoms with Crippen molar-refractivity contribution >= 4 is 31.6 Å². The lowest BCUT2D eigenvalue weighted by Crippen LogP contribution is -2.36. The van der Waals surface area contributed by atoms with Gasteiger partial charge in [0.2, 0.25) is 0 Å². The molecule has 1 aliphatic heterocycles. The molecule has 0 bridgehead atoms. The van der Waals surface area contributed by atoms with E-state index >= 15 is 0 Å². The molecule has 1 atom stereocenters. The molecule has 1 aliphatic rings. The third kappa shape index (κ3) is 2.98. The number of hydrogen-bond acceptors (Lipinski definition) is 4. The van der Waals surface area contributed by atoms with E-state index in [9.17, 15) is 13.2 Å². The van der Waals surface area contributed by atoms with E-state index < -0.39 is 15.1 Å².